The minimum absolute atomic E-state index is 0. The van der Waals surface area contributed by atoms with Gasteiger partial charge in [0, 0.05) is 0 Å². The summed E-state index contributed by atoms with van der Waals surface area (Å²) in [7, 11) is 0. The Morgan fingerprint density at radius 1 is 0.400 bits per heavy atom. The zero-order valence-electron chi connectivity index (χ0n) is 3.12. The molecule has 0 rings (SSSR count). The normalized spacial score (nSPS) is 0. The van der Waals surface area contributed by atoms with E-state index < -0.39 is 0 Å². The van der Waals surface area contributed by atoms with Crippen molar-refractivity contribution in [3.63, 3.8) is 0 Å². The average molecular weight is 170 g/mol. The Balaban J connectivity index is 0. The second-order valence-electron chi connectivity index (χ2n) is 0. The van der Waals surface area contributed by atoms with Crippen LogP contribution in [0.15, 0.2) is 0 Å². The smallest absolute Gasteiger partial charge is 0.153 e. The van der Waals surface area contributed by atoms with Gasteiger partial charge in [-0.2, -0.15) is 56.7 Å². The van der Waals surface area contributed by atoms with Gasteiger partial charge >= 0.3 is 0 Å². The molecular weight excluding hydrogens is 157 g/mol. The SMILES string of the molecule is P.P.P.S.S. The lowest BCUT2D eigenvalue weighted by Gasteiger charge is -0.198. The predicted molar refractivity (Wildman–Crippen MR) is 54.1 cm³/mol. The largest absolute Gasteiger partial charge is 0.197 e. The Morgan fingerprint density at radius 2 is 0.400 bits per heavy atom. The highest BCUT2D eigenvalue weighted by Gasteiger charge is -0.151. The molecule has 0 aromatic carbocycles. The Morgan fingerprint density at radius 3 is 0.400 bits per heavy atom. The van der Waals surface area contributed by atoms with Crippen LogP contribution < -0.4 is 0 Å². The average Bonchev–Trinajstić information content (AvgIpc) is 0. The molecule has 0 aliphatic heterocycles. The molecule has 5 heavy (non-hydrogen) atoms. The third-order valence-corrected chi connectivity index (χ3v) is 0. The molecule has 5 heteroatoms. The lowest BCUT2D eigenvalue weighted by molar-refractivity contribution is 6.92. The van der Waals surface area contributed by atoms with Crippen LogP contribution in [0.25, 0.3) is 0 Å². The van der Waals surface area contributed by atoms with E-state index in [9.17, 15) is 0 Å². The van der Waals surface area contributed by atoms with Crippen molar-refractivity contribution in [2.24, 2.45) is 0 Å². The molecule has 0 radical (unpaired) electrons. The van der Waals surface area contributed by atoms with Crippen LogP contribution in [0.3, 0.4) is 0 Å². The molecule has 3 atom stereocenters. The highest BCUT2D eigenvalue weighted by Crippen LogP contribution is 0.863. The second kappa shape index (κ2) is 37.7. The standard InChI is InChI=1S/3H3P.2H2S/h3*1H3;2*1H2. The van der Waals surface area contributed by atoms with Crippen LogP contribution in [0.2, 0.25) is 0 Å². The fourth-order valence-electron chi connectivity index (χ4n) is 0. The summed E-state index contributed by atoms with van der Waals surface area (Å²) in [5.41, 5.74) is 0. The third kappa shape index (κ3) is 24.1. The number of rotatable bonds is 0. The highest BCUT2D eigenvalue weighted by atomic mass is 32.1. The van der Waals surface area contributed by atoms with Crippen LogP contribution in [0, 0.1) is 0 Å². The molecule has 0 N–H and O–H groups in total. The van der Waals surface area contributed by atoms with Gasteiger partial charge in [0.2, 0.25) is 0 Å². The maximum absolute atomic E-state index is 0. The van der Waals surface area contributed by atoms with E-state index in [-0.39, 0.29) is 56.7 Å². The summed E-state index contributed by atoms with van der Waals surface area (Å²) >= 11 is 0. The van der Waals surface area contributed by atoms with Crippen molar-refractivity contribution in [1.29, 1.82) is 0 Å². The van der Waals surface area contributed by atoms with Gasteiger partial charge in [0.05, 0.1) is 0 Å². The number of hydrogen-bond acceptors (Lipinski definition) is 0. The van der Waals surface area contributed by atoms with Gasteiger partial charge < -0.3 is 0 Å². The molecule has 0 saturated heterocycles. The second-order valence-corrected chi connectivity index (χ2v) is 0. The monoisotopic (exact) mass is 170 g/mol. The first kappa shape index (κ1) is 63.3. The van der Waals surface area contributed by atoms with Crippen LogP contribution in [0.1, 0.15) is 0 Å². The predicted octanol–water partition coefficient (Wildman–Crippen LogP) is 0.400. The zero-order valence-corrected chi connectivity index (χ0v) is 9.36. The number of hydrogen-bond donors (Lipinski definition) is 0. The van der Waals surface area contributed by atoms with Crippen molar-refractivity contribution in [2.75, 3.05) is 0 Å². The fraction of sp³-hybridized carbons (Fsp3) is 0. The molecule has 40 valence electrons. The van der Waals surface area contributed by atoms with Crippen molar-refractivity contribution in [3.05, 3.63) is 0 Å². The molecule has 0 amide bonds. The molecule has 0 aliphatic rings. The Bertz CT molecular complexity index is 4.85. The van der Waals surface area contributed by atoms with E-state index in [0.717, 1.165) is 0 Å². The van der Waals surface area contributed by atoms with E-state index in [4.69, 9.17) is 0 Å². The fourth-order valence-corrected chi connectivity index (χ4v) is 0. The van der Waals surface area contributed by atoms with Gasteiger partial charge in [-0.1, -0.05) is 0 Å². The Kier molecular flexibility index (Phi) is 477. The van der Waals surface area contributed by atoms with Crippen LogP contribution in [-0.4, -0.2) is 0 Å². The van der Waals surface area contributed by atoms with Crippen molar-refractivity contribution >= 4 is 56.7 Å². The minimum Gasteiger partial charge on any atom is -0.197 e. The van der Waals surface area contributed by atoms with E-state index in [1.807, 2.05) is 0 Å². The molecule has 0 saturated carbocycles. The minimum atomic E-state index is 0. The summed E-state index contributed by atoms with van der Waals surface area (Å²) in [6, 6.07) is 0. The maximum Gasteiger partial charge on any atom is -0.153 e. The van der Waals surface area contributed by atoms with Gasteiger partial charge in [-0.05, 0) is 0 Å². The van der Waals surface area contributed by atoms with Gasteiger partial charge in [-0.3, -0.25) is 0 Å². The summed E-state index contributed by atoms with van der Waals surface area (Å²) in [5, 5.41) is 0. The lowest BCUT2D eigenvalue weighted by Crippen LogP contribution is 0.647. The van der Waals surface area contributed by atoms with E-state index >= 15 is 0 Å². The highest BCUT2D eigenvalue weighted by molar-refractivity contribution is 7.59. The molecule has 0 aromatic rings. The molecule has 3 unspecified atom stereocenters. The van der Waals surface area contributed by atoms with Crippen LogP contribution in [-0.2, 0) is 0 Å². The first-order valence-electron chi connectivity index (χ1n) is 0. The molecule has 0 aromatic heterocycles. The molecule has 0 nitrogen and oxygen atoms in total. The van der Waals surface area contributed by atoms with Crippen molar-refractivity contribution < 1.29 is 0 Å². The van der Waals surface area contributed by atoms with Crippen molar-refractivity contribution in [3.8, 4) is 0 Å². The first-order valence-corrected chi connectivity index (χ1v) is 0. The van der Waals surface area contributed by atoms with Gasteiger partial charge in [-0.15, -0.1) is 0 Å². The molecule has 0 fully saturated rings. The zero-order chi connectivity index (χ0) is 0. The van der Waals surface area contributed by atoms with Gasteiger partial charge in [0.1, 0.15) is 0 Å². The van der Waals surface area contributed by atoms with Gasteiger partial charge in [0.15, 0.2) is 0 Å². The summed E-state index contributed by atoms with van der Waals surface area (Å²) in [4.78, 5) is 0. The quantitative estimate of drug-likeness (QED) is 0.462. The first-order chi connectivity index (χ1) is 0. The summed E-state index contributed by atoms with van der Waals surface area (Å²) in [6.45, 7) is 0. The summed E-state index contributed by atoms with van der Waals surface area (Å²) in [5.74, 6) is 0. The Hall–Kier alpha value is 1.99. The third-order valence-electron chi connectivity index (χ3n) is 0. The topological polar surface area (TPSA) is 0 Å². The van der Waals surface area contributed by atoms with Gasteiger partial charge in [0.25, 0.3) is 0 Å². The molecule has 0 bridgehead atoms. The molecule has 0 spiro atoms. The van der Waals surface area contributed by atoms with Gasteiger partial charge in [-0.25, -0.2) is 0 Å². The maximum atomic E-state index is 0. The van der Waals surface area contributed by atoms with E-state index in [0.29, 0.717) is 0 Å². The van der Waals surface area contributed by atoms with Crippen molar-refractivity contribution in [1.82, 2.24) is 0 Å². The lowest BCUT2D eigenvalue weighted by atomic mass is 31.0. The van der Waals surface area contributed by atoms with Crippen LogP contribution in [0.5, 0.6) is 0 Å². The summed E-state index contributed by atoms with van der Waals surface area (Å²) < 4.78 is 0. The molecule has 0 aliphatic carbocycles. The van der Waals surface area contributed by atoms with Crippen LogP contribution in [0.4, 0.5) is 0 Å². The van der Waals surface area contributed by atoms with Crippen LogP contribution >= 0.6 is 56.7 Å². The molecular formula is H13P3S2. The Labute approximate surface area is 57.0 Å². The molecule has 0 heterocycles. The summed E-state index contributed by atoms with van der Waals surface area (Å²) in [6.07, 6.45) is 0. The van der Waals surface area contributed by atoms with E-state index in [1.165, 1.54) is 0 Å². The van der Waals surface area contributed by atoms with Crippen molar-refractivity contribution in [2.45, 2.75) is 0 Å². The van der Waals surface area contributed by atoms with E-state index in [2.05, 4.69) is 0 Å². The van der Waals surface area contributed by atoms with E-state index in [1.54, 1.807) is 0 Å².